The van der Waals surface area contributed by atoms with Crippen molar-refractivity contribution in [1.82, 2.24) is 14.8 Å². The van der Waals surface area contributed by atoms with Gasteiger partial charge < -0.3 is 9.88 Å². The highest BCUT2D eigenvalue weighted by atomic mass is 32.1. The van der Waals surface area contributed by atoms with Gasteiger partial charge in [0.25, 0.3) is 5.91 Å². The molecule has 1 aliphatic heterocycles. The van der Waals surface area contributed by atoms with Crippen molar-refractivity contribution in [2.45, 2.75) is 52.6 Å². The molecule has 1 N–H and O–H groups in total. The second kappa shape index (κ2) is 7.31. The number of aryl methyl sites for hydroxylation is 2. The number of nitrogens with one attached hydrogen (secondary N) is 1. The van der Waals surface area contributed by atoms with E-state index in [0.29, 0.717) is 12.0 Å². The van der Waals surface area contributed by atoms with Gasteiger partial charge in [0, 0.05) is 28.4 Å². The van der Waals surface area contributed by atoms with Crippen molar-refractivity contribution in [3.8, 4) is 0 Å². The molecule has 0 aromatic carbocycles. The smallest absolute Gasteiger partial charge is 0.325 e. The Labute approximate surface area is 163 Å². The van der Waals surface area contributed by atoms with Gasteiger partial charge in [0.2, 0.25) is 0 Å². The first kappa shape index (κ1) is 19.4. The van der Waals surface area contributed by atoms with Crippen LogP contribution in [-0.4, -0.2) is 39.3 Å². The highest BCUT2D eigenvalue weighted by Crippen LogP contribution is 2.23. The maximum absolute atomic E-state index is 12.8. The Balaban J connectivity index is 1.75. The van der Waals surface area contributed by atoms with Gasteiger partial charge in [0.1, 0.15) is 5.54 Å². The number of nitrogens with zero attached hydrogens (tertiary/aromatic N) is 2. The Kier molecular flexibility index (Phi) is 5.24. The van der Waals surface area contributed by atoms with Crippen molar-refractivity contribution in [2.24, 2.45) is 0 Å². The molecule has 1 atom stereocenters. The van der Waals surface area contributed by atoms with Crippen molar-refractivity contribution < 1.29 is 14.4 Å². The first-order valence-corrected chi connectivity index (χ1v) is 10.0. The molecule has 1 saturated heterocycles. The van der Waals surface area contributed by atoms with Crippen LogP contribution in [0, 0.1) is 13.8 Å². The lowest BCUT2D eigenvalue weighted by Gasteiger charge is -2.19. The van der Waals surface area contributed by atoms with Crippen LogP contribution in [0.4, 0.5) is 4.79 Å². The molecule has 2 aromatic heterocycles. The molecule has 1 aliphatic rings. The molecule has 1 fully saturated rings. The normalized spacial score (nSPS) is 19.6. The molecule has 0 aliphatic carbocycles. The lowest BCUT2D eigenvalue weighted by atomic mass is 9.99. The molecule has 27 heavy (non-hydrogen) atoms. The maximum Gasteiger partial charge on any atom is 0.325 e. The number of aromatic nitrogens is 1. The minimum absolute atomic E-state index is 0.214. The average molecular weight is 388 g/mol. The van der Waals surface area contributed by atoms with Gasteiger partial charge in [-0.05, 0) is 51.1 Å². The van der Waals surface area contributed by atoms with Crippen LogP contribution in [-0.2, 0) is 17.8 Å². The molecule has 1 unspecified atom stereocenters. The van der Waals surface area contributed by atoms with Gasteiger partial charge in [-0.3, -0.25) is 14.5 Å². The molecule has 3 heterocycles. The zero-order valence-electron chi connectivity index (χ0n) is 16.2. The van der Waals surface area contributed by atoms with E-state index in [0.717, 1.165) is 29.3 Å². The molecule has 2 aromatic rings. The Hall–Kier alpha value is -2.41. The molecular formula is C20H25N3O3S. The van der Waals surface area contributed by atoms with Crippen molar-refractivity contribution in [3.63, 3.8) is 0 Å². The van der Waals surface area contributed by atoms with Gasteiger partial charge in [0.15, 0.2) is 5.78 Å². The Morgan fingerprint density at radius 1 is 1.30 bits per heavy atom. The predicted molar refractivity (Wildman–Crippen MR) is 105 cm³/mol. The third-order valence-electron chi connectivity index (χ3n) is 5.39. The van der Waals surface area contributed by atoms with E-state index in [4.69, 9.17) is 0 Å². The van der Waals surface area contributed by atoms with Gasteiger partial charge in [-0.2, -0.15) is 0 Å². The summed E-state index contributed by atoms with van der Waals surface area (Å²) < 4.78 is 2.12. The van der Waals surface area contributed by atoms with E-state index in [1.165, 1.54) is 4.88 Å². The van der Waals surface area contributed by atoms with Crippen molar-refractivity contribution >= 4 is 29.1 Å². The number of carbonyl (C=O) groups is 3. The number of urea groups is 1. The minimum Gasteiger partial charge on any atom is -0.348 e. The molecule has 0 saturated carbocycles. The molecule has 0 radical (unpaired) electrons. The van der Waals surface area contributed by atoms with E-state index in [-0.39, 0.29) is 18.2 Å². The summed E-state index contributed by atoms with van der Waals surface area (Å²) in [6.07, 6.45) is 1.39. The fourth-order valence-corrected chi connectivity index (χ4v) is 4.16. The summed E-state index contributed by atoms with van der Waals surface area (Å²) in [4.78, 5) is 39.8. The number of amides is 3. The van der Waals surface area contributed by atoms with Crippen molar-refractivity contribution in [3.05, 3.63) is 45.4 Å². The van der Waals surface area contributed by atoms with Crippen LogP contribution in [0.15, 0.2) is 23.6 Å². The first-order valence-electron chi connectivity index (χ1n) is 9.13. The quantitative estimate of drug-likeness (QED) is 0.585. The highest BCUT2D eigenvalue weighted by Gasteiger charge is 2.47. The van der Waals surface area contributed by atoms with Gasteiger partial charge in [-0.1, -0.05) is 13.0 Å². The molecule has 7 heteroatoms. The standard InChI is InChI=1S/C20H25N3O3S/c1-5-20(4)18(25)23(19(26)21-20)12-17(24)16-11-13(2)22(14(16)3)9-8-15-7-6-10-27-15/h6-7,10-11H,5,8-9,12H2,1-4H3,(H,21,26). The number of thiophene rings is 1. The van der Waals surface area contributed by atoms with Crippen LogP contribution in [0.3, 0.4) is 0 Å². The van der Waals surface area contributed by atoms with E-state index in [1.54, 1.807) is 18.3 Å². The Morgan fingerprint density at radius 2 is 2.04 bits per heavy atom. The predicted octanol–water partition coefficient (Wildman–Crippen LogP) is 3.31. The largest absolute Gasteiger partial charge is 0.348 e. The maximum atomic E-state index is 12.8. The first-order chi connectivity index (χ1) is 12.8. The van der Waals surface area contributed by atoms with E-state index in [2.05, 4.69) is 21.3 Å². The van der Waals surface area contributed by atoms with Gasteiger partial charge in [0.05, 0.1) is 6.54 Å². The van der Waals surface area contributed by atoms with Crippen molar-refractivity contribution in [1.29, 1.82) is 0 Å². The topological polar surface area (TPSA) is 71.4 Å². The Bertz CT molecular complexity index is 885. The van der Waals surface area contributed by atoms with Crippen LogP contribution in [0.1, 0.15) is 46.9 Å². The number of ketones is 1. The molecule has 3 amide bonds. The zero-order valence-corrected chi connectivity index (χ0v) is 17.0. The molecule has 144 valence electrons. The number of rotatable bonds is 7. The monoisotopic (exact) mass is 387 g/mol. The number of hydrogen-bond acceptors (Lipinski definition) is 4. The van der Waals surface area contributed by atoms with E-state index < -0.39 is 11.6 Å². The lowest BCUT2D eigenvalue weighted by molar-refractivity contribution is -0.130. The summed E-state index contributed by atoms with van der Waals surface area (Å²) in [7, 11) is 0. The van der Waals surface area contributed by atoms with Crippen LogP contribution in [0.25, 0.3) is 0 Å². The van der Waals surface area contributed by atoms with Gasteiger partial charge in [-0.25, -0.2) is 4.79 Å². The molecule has 6 nitrogen and oxygen atoms in total. The fraction of sp³-hybridized carbons (Fsp3) is 0.450. The minimum atomic E-state index is -0.922. The summed E-state index contributed by atoms with van der Waals surface area (Å²) in [5, 5.41) is 4.74. The number of imide groups is 1. The Morgan fingerprint density at radius 3 is 2.63 bits per heavy atom. The second-order valence-electron chi connectivity index (χ2n) is 7.20. The van der Waals surface area contributed by atoms with Crippen LogP contribution >= 0.6 is 11.3 Å². The number of Topliss-reactive ketones (excluding diaryl/α,β-unsaturated/α-hetero) is 1. The SMILES string of the molecule is CCC1(C)NC(=O)N(CC(=O)c2cc(C)n(CCc3cccs3)c2C)C1=O. The van der Waals surface area contributed by atoms with E-state index in [1.807, 2.05) is 32.9 Å². The number of hydrogen-bond donors (Lipinski definition) is 1. The van der Waals surface area contributed by atoms with Gasteiger partial charge in [-0.15, -0.1) is 11.3 Å². The second-order valence-corrected chi connectivity index (χ2v) is 8.23. The van der Waals surface area contributed by atoms with Crippen LogP contribution in [0.5, 0.6) is 0 Å². The molecule has 0 spiro atoms. The molecule has 3 rings (SSSR count). The van der Waals surface area contributed by atoms with E-state index in [9.17, 15) is 14.4 Å². The van der Waals surface area contributed by atoms with Crippen LogP contribution < -0.4 is 5.32 Å². The summed E-state index contributed by atoms with van der Waals surface area (Å²) in [6.45, 7) is 7.98. The zero-order chi connectivity index (χ0) is 19.8. The van der Waals surface area contributed by atoms with Gasteiger partial charge >= 0.3 is 6.03 Å². The third kappa shape index (κ3) is 3.56. The number of carbonyl (C=O) groups excluding carboxylic acids is 3. The van der Waals surface area contributed by atoms with Crippen LogP contribution in [0.2, 0.25) is 0 Å². The average Bonchev–Trinajstić information content (AvgIpc) is 3.29. The lowest BCUT2D eigenvalue weighted by Crippen LogP contribution is -2.43. The third-order valence-corrected chi connectivity index (χ3v) is 6.33. The fourth-order valence-electron chi connectivity index (χ4n) is 3.46. The molecular weight excluding hydrogens is 362 g/mol. The summed E-state index contributed by atoms with van der Waals surface area (Å²) in [5.41, 5.74) is 1.53. The highest BCUT2D eigenvalue weighted by molar-refractivity contribution is 7.09. The summed E-state index contributed by atoms with van der Waals surface area (Å²) in [5.74, 6) is -0.552. The van der Waals surface area contributed by atoms with Crippen molar-refractivity contribution in [2.75, 3.05) is 6.54 Å². The summed E-state index contributed by atoms with van der Waals surface area (Å²) in [6, 6.07) is 5.49. The summed E-state index contributed by atoms with van der Waals surface area (Å²) >= 11 is 1.72. The van der Waals surface area contributed by atoms with E-state index >= 15 is 0 Å². The molecule has 0 bridgehead atoms.